The van der Waals surface area contributed by atoms with Crippen LogP contribution in [0.1, 0.15) is 56.6 Å². The van der Waals surface area contributed by atoms with Gasteiger partial charge in [-0.05, 0) is 42.9 Å². The summed E-state index contributed by atoms with van der Waals surface area (Å²) in [7, 11) is 0. The SMILES string of the molecule is CC1CCCC(CCNCc2cccc(C(F)F)c2)C1. The van der Waals surface area contributed by atoms with E-state index in [9.17, 15) is 8.78 Å². The van der Waals surface area contributed by atoms with Gasteiger partial charge in [0.2, 0.25) is 0 Å². The van der Waals surface area contributed by atoms with Crippen molar-refractivity contribution in [3.05, 3.63) is 35.4 Å². The van der Waals surface area contributed by atoms with Gasteiger partial charge in [-0.1, -0.05) is 44.4 Å². The van der Waals surface area contributed by atoms with Gasteiger partial charge in [0.05, 0.1) is 0 Å². The Morgan fingerprint density at radius 1 is 1.30 bits per heavy atom. The van der Waals surface area contributed by atoms with Crippen LogP contribution >= 0.6 is 0 Å². The van der Waals surface area contributed by atoms with Crippen LogP contribution in [0.15, 0.2) is 24.3 Å². The highest BCUT2D eigenvalue weighted by Gasteiger charge is 2.18. The van der Waals surface area contributed by atoms with Crippen LogP contribution in [0.5, 0.6) is 0 Å². The molecule has 1 saturated carbocycles. The number of alkyl halides is 2. The molecule has 0 aliphatic heterocycles. The van der Waals surface area contributed by atoms with Crippen molar-refractivity contribution in [1.29, 1.82) is 0 Å². The predicted molar refractivity (Wildman–Crippen MR) is 78.8 cm³/mol. The van der Waals surface area contributed by atoms with E-state index >= 15 is 0 Å². The van der Waals surface area contributed by atoms with E-state index < -0.39 is 6.43 Å². The zero-order valence-electron chi connectivity index (χ0n) is 12.2. The van der Waals surface area contributed by atoms with E-state index in [0.29, 0.717) is 6.54 Å². The highest BCUT2D eigenvalue weighted by Crippen LogP contribution is 2.30. The first-order chi connectivity index (χ1) is 9.65. The van der Waals surface area contributed by atoms with Gasteiger partial charge in [-0.3, -0.25) is 0 Å². The molecule has 2 rings (SSSR count). The second-order valence-corrected chi connectivity index (χ2v) is 6.15. The Balaban J connectivity index is 1.69. The summed E-state index contributed by atoms with van der Waals surface area (Å²) in [5.74, 6) is 1.72. The van der Waals surface area contributed by atoms with Gasteiger partial charge in [0.1, 0.15) is 0 Å². The molecule has 2 unspecified atom stereocenters. The molecule has 1 aliphatic rings. The Bertz CT molecular complexity index is 406. The van der Waals surface area contributed by atoms with E-state index in [-0.39, 0.29) is 5.56 Å². The molecule has 0 amide bonds. The molecule has 0 heterocycles. The van der Waals surface area contributed by atoms with E-state index in [2.05, 4.69) is 12.2 Å². The molecule has 1 aromatic rings. The summed E-state index contributed by atoms with van der Waals surface area (Å²) in [6, 6.07) is 6.70. The predicted octanol–water partition coefficient (Wildman–Crippen LogP) is 4.93. The Morgan fingerprint density at radius 2 is 2.15 bits per heavy atom. The third kappa shape index (κ3) is 4.86. The van der Waals surface area contributed by atoms with Crippen molar-refractivity contribution >= 4 is 0 Å². The lowest BCUT2D eigenvalue weighted by Gasteiger charge is -2.26. The monoisotopic (exact) mass is 281 g/mol. The molecular weight excluding hydrogens is 256 g/mol. The molecule has 20 heavy (non-hydrogen) atoms. The number of hydrogen-bond donors (Lipinski definition) is 1. The molecule has 1 aromatic carbocycles. The molecule has 1 nitrogen and oxygen atoms in total. The van der Waals surface area contributed by atoms with Gasteiger partial charge >= 0.3 is 0 Å². The molecule has 0 spiro atoms. The average Bonchev–Trinajstić information content (AvgIpc) is 2.44. The maximum absolute atomic E-state index is 12.6. The Hall–Kier alpha value is -0.960. The lowest BCUT2D eigenvalue weighted by molar-refractivity contribution is 0.151. The Labute approximate surface area is 120 Å². The van der Waals surface area contributed by atoms with Crippen molar-refractivity contribution in [1.82, 2.24) is 5.32 Å². The Morgan fingerprint density at radius 3 is 2.90 bits per heavy atom. The largest absolute Gasteiger partial charge is 0.313 e. The van der Waals surface area contributed by atoms with Crippen molar-refractivity contribution in [2.75, 3.05) is 6.54 Å². The quantitative estimate of drug-likeness (QED) is 0.729. The molecule has 112 valence electrons. The number of rotatable bonds is 6. The van der Waals surface area contributed by atoms with Crippen LogP contribution < -0.4 is 5.32 Å². The van der Waals surface area contributed by atoms with Crippen molar-refractivity contribution in [3.63, 3.8) is 0 Å². The normalized spacial score (nSPS) is 23.2. The zero-order valence-corrected chi connectivity index (χ0v) is 12.2. The van der Waals surface area contributed by atoms with Crippen LogP contribution in [0.25, 0.3) is 0 Å². The third-order valence-corrected chi connectivity index (χ3v) is 4.31. The second kappa shape index (κ2) is 7.72. The van der Waals surface area contributed by atoms with E-state index in [0.717, 1.165) is 23.9 Å². The van der Waals surface area contributed by atoms with Crippen molar-refractivity contribution in [2.45, 2.75) is 52.0 Å². The fourth-order valence-corrected chi connectivity index (χ4v) is 3.20. The lowest BCUT2D eigenvalue weighted by Crippen LogP contribution is -2.21. The fraction of sp³-hybridized carbons (Fsp3) is 0.647. The van der Waals surface area contributed by atoms with Crippen molar-refractivity contribution in [2.24, 2.45) is 11.8 Å². The highest BCUT2D eigenvalue weighted by molar-refractivity contribution is 5.24. The molecule has 2 atom stereocenters. The smallest absolute Gasteiger partial charge is 0.263 e. The van der Waals surface area contributed by atoms with Crippen LogP contribution in [0.4, 0.5) is 8.78 Å². The standard InChI is InChI=1S/C17H25F2N/c1-13-4-2-5-14(10-13)8-9-20-12-15-6-3-7-16(11-15)17(18)19/h3,6-7,11,13-14,17,20H,2,4-5,8-10,12H2,1H3. The van der Waals surface area contributed by atoms with Crippen LogP contribution in [0.3, 0.4) is 0 Å². The zero-order chi connectivity index (χ0) is 14.4. The topological polar surface area (TPSA) is 12.0 Å². The van der Waals surface area contributed by atoms with Crippen LogP contribution in [-0.4, -0.2) is 6.54 Å². The summed E-state index contributed by atoms with van der Waals surface area (Å²) in [6.07, 6.45) is 4.28. The molecule has 0 radical (unpaired) electrons. The van der Waals surface area contributed by atoms with Crippen molar-refractivity contribution in [3.8, 4) is 0 Å². The second-order valence-electron chi connectivity index (χ2n) is 6.15. The fourth-order valence-electron chi connectivity index (χ4n) is 3.20. The Kier molecular flexibility index (Phi) is 5.96. The van der Waals surface area contributed by atoms with E-state index in [1.807, 2.05) is 6.07 Å². The summed E-state index contributed by atoms with van der Waals surface area (Å²) < 4.78 is 25.2. The maximum atomic E-state index is 12.6. The summed E-state index contributed by atoms with van der Waals surface area (Å²) in [5.41, 5.74) is 1.06. The van der Waals surface area contributed by atoms with Gasteiger partial charge in [-0.15, -0.1) is 0 Å². The first kappa shape index (κ1) is 15.4. The lowest BCUT2D eigenvalue weighted by atomic mass is 9.81. The molecule has 1 fully saturated rings. The number of benzene rings is 1. The molecule has 1 aliphatic carbocycles. The van der Waals surface area contributed by atoms with E-state index in [4.69, 9.17) is 0 Å². The summed E-state index contributed by atoms with van der Waals surface area (Å²) >= 11 is 0. The number of halogens is 2. The molecule has 0 saturated heterocycles. The van der Waals surface area contributed by atoms with Crippen molar-refractivity contribution < 1.29 is 8.78 Å². The molecule has 1 N–H and O–H groups in total. The highest BCUT2D eigenvalue weighted by atomic mass is 19.3. The molecule has 3 heteroatoms. The van der Waals surface area contributed by atoms with Gasteiger partial charge in [-0.25, -0.2) is 8.78 Å². The minimum Gasteiger partial charge on any atom is -0.313 e. The van der Waals surface area contributed by atoms with Crippen LogP contribution in [0, 0.1) is 11.8 Å². The first-order valence-corrected chi connectivity index (χ1v) is 7.73. The van der Waals surface area contributed by atoms with E-state index in [1.165, 1.54) is 38.2 Å². The van der Waals surface area contributed by atoms with Crippen LogP contribution in [-0.2, 0) is 6.54 Å². The first-order valence-electron chi connectivity index (χ1n) is 7.73. The third-order valence-electron chi connectivity index (χ3n) is 4.31. The maximum Gasteiger partial charge on any atom is 0.263 e. The summed E-state index contributed by atoms with van der Waals surface area (Å²) in [5, 5.41) is 3.39. The van der Waals surface area contributed by atoms with Gasteiger partial charge in [0, 0.05) is 12.1 Å². The molecule has 0 bridgehead atoms. The van der Waals surface area contributed by atoms with E-state index in [1.54, 1.807) is 12.1 Å². The molecular formula is C17H25F2N. The number of nitrogens with one attached hydrogen (secondary N) is 1. The van der Waals surface area contributed by atoms with Gasteiger partial charge in [0.25, 0.3) is 6.43 Å². The van der Waals surface area contributed by atoms with Crippen LogP contribution in [0.2, 0.25) is 0 Å². The number of hydrogen-bond acceptors (Lipinski definition) is 1. The van der Waals surface area contributed by atoms with Gasteiger partial charge < -0.3 is 5.32 Å². The minimum atomic E-state index is -2.38. The molecule has 0 aromatic heterocycles. The van der Waals surface area contributed by atoms with Gasteiger partial charge in [0.15, 0.2) is 0 Å². The van der Waals surface area contributed by atoms with Gasteiger partial charge in [-0.2, -0.15) is 0 Å². The summed E-state index contributed by atoms with van der Waals surface area (Å²) in [6.45, 7) is 4.01. The minimum absolute atomic E-state index is 0.116. The summed E-state index contributed by atoms with van der Waals surface area (Å²) in [4.78, 5) is 0. The average molecular weight is 281 g/mol.